The highest BCUT2D eigenvalue weighted by atomic mass is 16.2. The van der Waals surface area contributed by atoms with Gasteiger partial charge in [-0.25, -0.2) is 4.98 Å². The Labute approximate surface area is 162 Å². The molecule has 3 heterocycles. The van der Waals surface area contributed by atoms with E-state index in [2.05, 4.69) is 24.1 Å². The molecular weight excluding hydrogens is 340 g/mol. The van der Waals surface area contributed by atoms with E-state index in [4.69, 9.17) is 0 Å². The summed E-state index contributed by atoms with van der Waals surface area (Å²) >= 11 is 0. The first-order valence-electron chi connectivity index (χ1n) is 10.3. The number of carbonyl (C=O) groups excluding carboxylic acids is 2. The Balaban J connectivity index is 1.46. The molecule has 148 valence electrons. The Kier molecular flexibility index (Phi) is 6.69. The predicted octanol–water partition coefficient (Wildman–Crippen LogP) is 3.01. The minimum absolute atomic E-state index is 0.0617. The summed E-state index contributed by atoms with van der Waals surface area (Å²) in [6.45, 7) is 8.56. The molecule has 0 unspecified atom stereocenters. The molecule has 2 fully saturated rings. The normalized spacial score (nSPS) is 19.4. The molecule has 0 aromatic carbocycles. The van der Waals surface area contributed by atoms with Crippen LogP contribution in [-0.4, -0.2) is 59.3 Å². The lowest BCUT2D eigenvalue weighted by molar-refractivity contribution is -0.128. The first kappa shape index (κ1) is 19.6. The van der Waals surface area contributed by atoms with Crippen LogP contribution in [0, 0.1) is 11.8 Å². The molecule has 1 aromatic heterocycles. The molecular formula is C21H32N4O2. The number of pyridine rings is 1. The second-order valence-electron chi connectivity index (χ2n) is 8.01. The van der Waals surface area contributed by atoms with Gasteiger partial charge >= 0.3 is 0 Å². The van der Waals surface area contributed by atoms with Crippen LogP contribution in [0.4, 0.5) is 5.82 Å². The SMILES string of the molecule is CC[C@H](C)CNc1ccc(C(=O)N2CCC(CN3CCCC3=O)CC2)cn1. The second-order valence-corrected chi connectivity index (χ2v) is 8.01. The number of hydrogen-bond acceptors (Lipinski definition) is 4. The minimum atomic E-state index is 0.0617. The molecule has 27 heavy (non-hydrogen) atoms. The Morgan fingerprint density at radius 1 is 1.30 bits per heavy atom. The van der Waals surface area contributed by atoms with E-state index in [1.54, 1.807) is 6.20 Å². The van der Waals surface area contributed by atoms with Crippen molar-refractivity contribution in [2.24, 2.45) is 11.8 Å². The van der Waals surface area contributed by atoms with Crippen molar-refractivity contribution in [2.75, 3.05) is 38.0 Å². The van der Waals surface area contributed by atoms with E-state index in [0.717, 1.165) is 64.2 Å². The molecule has 0 bridgehead atoms. The summed E-state index contributed by atoms with van der Waals surface area (Å²) in [6, 6.07) is 3.75. The largest absolute Gasteiger partial charge is 0.370 e. The summed E-state index contributed by atoms with van der Waals surface area (Å²) in [5.41, 5.74) is 0.650. The van der Waals surface area contributed by atoms with Crippen LogP contribution in [0.1, 0.15) is 56.3 Å². The molecule has 1 aromatic rings. The Morgan fingerprint density at radius 2 is 2.07 bits per heavy atom. The van der Waals surface area contributed by atoms with Crippen LogP contribution in [-0.2, 0) is 4.79 Å². The number of piperidine rings is 1. The van der Waals surface area contributed by atoms with E-state index in [0.29, 0.717) is 29.7 Å². The molecule has 2 saturated heterocycles. The number of aromatic nitrogens is 1. The maximum atomic E-state index is 12.7. The number of likely N-dealkylation sites (tertiary alicyclic amines) is 2. The fourth-order valence-corrected chi connectivity index (χ4v) is 3.76. The van der Waals surface area contributed by atoms with Gasteiger partial charge in [-0.15, -0.1) is 0 Å². The van der Waals surface area contributed by atoms with Crippen LogP contribution in [0.25, 0.3) is 0 Å². The Morgan fingerprint density at radius 3 is 2.67 bits per heavy atom. The van der Waals surface area contributed by atoms with Gasteiger partial charge in [-0.1, -0.05) is 20.3 Å². The topological polar surface area (TPSA) is 65.5 Å². The molecule has 1 atom stereocenters. The predicted molar refractivity (Wildman–Crippen MR) is 107 cm³/mol. The molecule has 0 radical (unpaired) electrons. The first-order valence-corrected chi connectivity index (χ1v) is 10.3. The zero-order chi connectivity index (χ0) is 19.2. The van der Waals surface area contributed by atoms with Gasteiger partial charge in [-0.3, -0.25) is 9.59 Å². The van der Waals surface area contributed by atoms with Crippen molar-refractivity contribution in [3.8, 4) is 0 Å². The van der Waals surface area contributed by atoms with Gasteiger partial charge in [-0.05, 0) is 43.2 Å². The van der Waals surface area contributed by atoms with E-state index in [9.17, 15) is 9.59 Å². The average molecular weight is 373 g/mol. The zero-order valence-electron chi connectivity index (χ0n) is 16.6. The summed E-state index contributed by atoms with van der Waals surface area (Å²) in [4.78, 5) is 32.8. The summed E-state index contributed by atoms with van der Waals surface area (Å²) in [6.07, 6.45) is 6.44. The standard InChI is InChI=1S/C21H32N4O2/c1-3-16(2)13-22-19-7-6-18(14-23-19)21(27)24-11-8-17(9-12-24)15-25-10-4-5-20(25)26/h6-7,14,16-17H,3-5,8-13,15H2,1-2H3,(H,22,23)/t16-/m0/s1. The highest BCUT2D eigenvalue weighted by Crippen LogP contribution is 2.22. The number of anilines is 1. The molecule has 2 amide bonds. The van der Waals surface area contributed by atoms with E-state index < -0.39 is 0 Å². The molecule has 0 aliphatic carbocycles. The number of hydrogen-bond donors (Lipinski definition) is 1. The zero-order valence-corrected chi connectivity index (χ0v) is 16.6. The summed E-state index contributed by atoms with van der Waals surface area (Å²) in [5, 5.41) is 3.32. The smallest absolute Gasteiger partial charge is 0.255 e. The van der Waals surface area contributed by atoms with Crippen LogP contribution in [0.3, 0.4) is 0 Å². The summed E-state index contributed by atoms with van der Waals surface area (Å²) in [5.74, 6) is 2.29. The van der Waals surface area contributed by atoms with Crippen molar-refractivity contribution in [2.45, 2.75) is 46.0 Å². The minimum Gasteiger partial charge on any atom is -0.370 e. The fraction of sp³-hybridized carbons (Fsp3) is 0.667. The van der Waals surface area contributed by atoms with E-state index in [1.165, 1.54) is 0 Å². The van der Waals surface area contributed by atoms with Crippen LogP contribution >= 0.6 is 0 Å². The first-order chi connectivity index (χ1) is 13.1. The van der Waals surface area contributed by atoms with Crippen molar-refractivity contribution in [1.29, 1.82) is 0 Å². The second kappa shape index (κ2) is 9.20. The monoisotopic (exact) mass is 372 g/mol. The van der Waals surface area contributed by atoms with Gasteiger partial charge in [0, 0.05) is 45.3 Å². The van der Waals surface area contributed by atoms with Crippen molar-refractivity contribution >= 4 is 17.6 Å². The summed E-state index contributed by atoms with van der Waals surface area (Å²) < 4.78 is 0. The number of amides is 2. The quantitative estimate of drug-likeness (QED) is 0.799. The third kappa shape index (κ3) is 5.21. The molecule has 2 aliphatic heterocycles. The van der Waals surface area contributed by atoms with Gasteiger partial charge in [0.15, 0.2) is 0 Å². The number of nitrogens with one attached hydrogen (secondary N) is 1. The number of carbonyl (C=O) groups is 2. The molecule has 0 spiro atoms. The average Bonchev–Trinajstić information content (AvgIpc) is 3.11. The lowest BCUT2D eigenvalue weighted by Crippen LogP contribution is -2.41. The van der Waals surface area contributed by atoms with Gasteiger partial charge in [0.05, 0.1) is 5.56 Å². The van der Waals surface area contributed by atoms with Crippen molar-refractivity contribution in [1.82, 2.24) is 14.8 Å². The van der Waals surface area contributed by atoms with Crippen molar-refractivity contribution in [3.63, 3.8) is 0 Å². The van der Waals surface area contributed by atoms with Gasteiger partial charge in [-0.2, -0.15) is 0 Å². The van der Waals surface area contributed by atoms with E-state index >= 15 is 0 Å². The van der Waals surface area contributed by atoms with Gasteiger partial charge in [0.25, 0.3) is 5.91 Å². The number of rotatable bonds is 7. The summed E-state index contributed by atoms with van der Waals surface area (Å²) in [7, 11) is 0. The van der Waals surface area contributed by atoms with Crippen molar-refractivity contribution in [3.05, 3.63) is 23.9 Å². The fourth-order valence-electron chi connectivity index (χ4n) is 3.76. The van der Waals surface area contributed by atoms with E-state index in [-0.39, 0.29) is 5.91 Å². The lowest BCUT2D eigenvalue weighted by atomic mass is 9.96. The van der Waals surface area contributed by atoms with Crippen molar-refractivity contribution < 1.29 is 9.59 Å². The van der Waals surface area contributed by atoms with Crippen LogP contribution in [0.15, 0.2) is 18.3 Å². The highest BCUT2D eigenvalue weighted by Gasteiger charge is 2.28. The molecule has 0 saturated carbocycles. The molecule has 6 heteroatoms. The molecule has 2 aliphatic rings. The third-order valence-corrected chi connectivity index (χ3v) is 5.89. The number of nitrogens with zero attached hydrogens (tertiary/aromatic N) is 3. The highest BCUT2D eigenvalue weighted by molar-refractivity contribution is 5.94. The maximum absolute atomic E-state index is 12.7. The van der Waals surface area contributed by atoms with Crippen LogP contribution in [0.2, 0.25) is 0 Å². The third-order valence-electron chi connectivity index (χ3n) is 5.89. The molecule has 3 rings (SSSR count). The van der Waals surface area contributed by atoms with Gasteiger partial charge < -0.3 is 15.1 Å². The molecule has 1 N–H and O–H groups in total. The lowest BCUT2D eigenvalue weighted by Gasteiger charge is -2.34. The van der Waals surface area contributed by atoms with Crippen LogP contribution in [0.5, 0.6) is 0 Å². The van der Waals surface area contributed by atoms with Gasteiger partial charge in [0.1, 0.15) is 5.82 Å². The van der Waals surface area contributed by atoms with Crippen LogP contribution < -0.4 is 5.32 Å². The maximum Gasteiger partial charge on any atom is 0.255 e. The Hall–Kier alpha value is -2.11. The van der Waals surface area contributed by atoms with E-state index in [1.807, 2.05) is 21.9 Å². The Bertz CT molecular complexity index is 638. The van der Waals surface area contributed by atoms with Gasteiger partial charge in [0.2, 0.25) is 5.91 Å². The molecule has 6 nitrogen and oxygen atoms in total.